The average Bonchev–Trinajstić information content (AvgIpc) is 3.32. The van der Waals surface area contributed by atoms with Crippen LogP contribution in [0.1, 0.15) is 41.3 Å². The second-order valence-electron chi connectivity index (χ2n) is 9.38. The van der Waals surface area contributed by atoms with Gasteiger partial charge in [0.1, 0.15) is 5.75 Å². The number of halogens is 1. The van der Waals surface area contributed by atoms with Gasteiger partial charge in [-0.1, -0.05) is 36.8 Å². The van der Waals surface area contributed by atoms with Crippen LogP contribution in [0.3, 0.4) is 0 Å². The van der Waals surface area contributed by atoms with Crippen molar-refractivity contribution < 1.29 is 23.7 Å². The molecule has 7 heteroatoms. The van der Waals surface area contributed by atoms with Gasteiger partial charge in [0, 0.05) is 17.4 Å². The van der Waals surface area contributed by atoms with E-state index in [9.17, 15) is 4.79 Å². The monoisotopic (exact) mass is 543 g/mol. The summed E-state index contributed by atoms with van der Waals surface area (Å²) in [7, 11) is 1.66. The Kier molecular flexibility index (Phi) is 8.65. The van der Waals surface area contributed by atoms with Crippen molar-refractivity contribution in [1.29, 1.82) is 0 Å². The van der Waals surface area contributed by atoms with Gasteiger partial charge in [-0.3, -0.25) is 4.79 Å². The molecular formula is C28H34BrNO5. The lowest BCUT2D eigenvalue weighted by molar-refractivity contribution is -0.127. The van der Waals surface area contributed by atoms with Crippen molar-refractivity contribution in [3.8, 4) is 5.75 Å². The van der Waals surface area contributed by atoms with Crippen LogP contribution < -0.4 is 4.74 Å². The molecule has 2 atom stereocenters. The zero-order valence-electron chi connectivity index (χ0n) is 20.7. The largest absolute Gasteiger partial charge is 0.497 e. The Morgan fingerprint density at radius 2 is 1.94 bits per heavy atom. The first kappa shape index (κ1) is 25.9. The molecule has 2 aliphatic rings. The first-order valence-corrected chi connectivity index (χ1v) is 12.9. The van der Waals surface area contributed by atoms with Gasteiger partial charge in [0.15, 0.2) is 5.79 Å². The molecular weight excluding hydrogens is 510 g/mol. The third kappa shape index (κ3) is 6.53. The minimum atomic E-state index is -0.623. The first-order chi connectivity index (χ1) is 16.9. The normalized spacial score (nSPS) is 19.6. The van der Waals surface area contributed by atoms with Crippen LogP contribution in [0.25, 0.3) is 0 Å². The molecule has 1 aliphatic carbocycles. The van der Waals surface area contributed by atoms with Crippen LogP contribution in [0.4, 0.5) is 0 Å². The van der Waals surface area contributed by atoms with Crippen LogP contribution in [0.15, 0.2) is 59.1 Å². The average molecular weight is 544 g/mol. The Morgan fingerprint density at radius 1 is 1.20 bits per heavy atom. The van der Waals surface area contributed by atoms with Gasteiger partial charge >= 0.3 is 0 Å². The number of ether oxygens (including phenoxy) is 4. The Bertz CT molecular complexity index is 1030. The standard InChI is InChI=1S/C28H34BrNO5/c1-20-4-9-26(29)25(16-20)27(31)30(23-10-12-28(13-11-23)34-14-15-35-28)17-21(2)18-33-19-22-5-7-24(32-3)8-6-22/h4-10,12,16,21,23H,11,13-15,17-19H2,1-3H3/t21-,23?/m1/s1. The molecule has 1 amide bonds. The van der Waals surface area contributed by atoms with E-state index in [4.69, 9.17) is 18.9 Å². The van der Waals surface area contributed by atoms with E-state index in [1.165, 1.54) is 0 Å². The molecule has 0 bridgehead atoms. The predicted molar refractivity (Wildman–Crippen MR) is 139 cm³/mol. The van der Waals surface area contributed by atoms with E-state index in [1.807, 2.05) is 60.4 Å². The highest BCUT2D eigenvalue weighted by Gasteiger charge is 2.39. The summed E-state index contributed by atoms with van der Waals surface area (Å²) in [5.74, 6) is 0.377. The van der Waals surface area contributed by atoms with Crippen molar-refractivity contribution in [2.45, 2.75) is 45.1 Å². The van der Waals surface area contributed by atoms with Crippen LogP contribution in [-0.4, -0.2) is 56.1 Å². The van der Waals surface area contributed by atoms with Gasteiger partial charge in [0.05, 0.1) is 45.1 Å². The molecule has 1 aliphatic heterocycles. The van der Waals surface area contributed by atoms with Crippen molar-refractivity contribution in [2.24, 2.45) is 5.92 Å². The molecule has 4 rings (SSSR count). The summed E-state index contributed by atoms with van der Waals surface area (Å²) in [6.45, 7) is 7.00. The number of carbonyl (C=O) groups is 1. The van der Waals surface area contributed by atoms with E-state index in [2.05, 4.69) is 28.9 Å². The highest BCUT2D eigenvalue weighted by atomic mass is 79.9. The first-order valence-electron chi connectivity index (χ1n) is 12.1. The molecule has 35 heavy (non-hydrogen) atoms. The second-order valence-corrected chi connectivity index (χ2v) is 10.2. The van der Waals surface area contributed by atoms with Crippen molar-refractivity contribution in [2.75, 3.05) is 33.5 Å². The summed E-state index contributed by atoms with van der Waals surface area (Å²) in [5, 5.41) is 0. The lowest BCUT2D eigenvalue weighted by Gasteiger charge is -2.37. The summed E-state index contributed by atoms with van der Waals surface area (Å²) < 4.78 is 23.7. The number of hydrogen-bond acceptors (Lipinski definition) is 5. The predicted octanol–water partition coefficient (Wildman–Crippen LogP) is 5.52. The maximum absolute atomic E-state index is 13.8. The molecule has 1 unspecified atom stereocenters. The van der Waals surface area contributed by atoms with Crippen molar-refractivity contribution in [3.05, 3.63) is 75.8 Å². The lowest BCUT2D eigenvalue weighted by atomic mass is 9.94. The SMILES string of the molecule is COc1ccc(COC[C@H](C)CN(C(=O)c2cc(C)ccc2Br)C2C=CC3(CC2)OCCO3)cc1. The Balaban J connectivity index is 1.44. The van der Waals surface area contributed by atoms with E-state index in [0.29, 0.717) is 38.5 Å². The van der Waals surface area contributed by atoms with Gasteiger partial charge < -0.3 is 23.8 Å². The zero-order chi connectivity index (χ0) is 24.8. The Hall–Kier alpha value is -2.19. The van der Waals surface area contributed by atoms with E-state index in [-0.39, 0.29) is 17.9 Å². The number of benzene rings is 2. The number of aryl methyl sites for hydroxylation is 1. The lowest BCUT2D eigenvalue weighted by Crippen LogP contribution is -2.46. The molecule has 1 fully saturated rings. The summed E-state index contributed by atoms with van der Waals surface area (Å²) in [6, 6.07) is 13.7. The topological polar surface area (TPSA) is 57.2 Å². The maximum Gasteiger partial charge on any atom is 0.255 e. The zero-order valence-corrected chi connectivity index (χ0v) is 22.3. The smallest absolute Gasteiger partial charge is 0.255 e. The van der Waals surface area contributed by atoms with Gasteiger partial charge in [-0.05, 0) is 71.1 Å². The molecule has 2 aromatic rings. The summed E-state index contributed by atoms with van der Waals surface area (Å²) in [4.78, 5) is 15.7. The molecule has 0 saturated carbocycles. The second kappa shape index (κ2) is 11.7. The van der Waals surface area contributed by atoms with Gasteiger partial charge in [-0.25, -0.2) is 0 Å². The fraction of sp³-hybridized carbons (Fsp3) is 0.464. The van der Waals surface area contributed by atoms with Crippen LogP contribution >= 0.6 is 15.9 Å². The molecule has 0 N–H and O–H groups in total. The van der Waals surface area contributed by atoms with E-state index < -0.39 is 5.79 Å². The van der Waals surface area contributed by atoms with Crippen molar-refractivity contribution >= 4 is 21.8 Å². The third-order valence-electron chi connectivity index (χ3n) is 6.49. The number of carbonyl (C=O) groups excluding carboxylic acids is 1. The molecule has 0 radical (unpaired) electrons. The minimum absolute atomic E-state index is 0.0152. The van der Waals surface area contributed by atoms with Gasteiger partial charge in [-0.15, -0.1) is 0 Å². The molecule has 1 heterocycles. The van der Waals surface area contributed by atoms with E-state index in [0.717, 1.165) is 34.2 Å². The summed E-state index contributed by atoms with van der Waals surface area (Å²) in [6.07, 6.45) is 5.58. The van der Waals surface area contributed by atoms with Crippen molar-refractivity contribution in [1.82, 2.24) is 4.90 Å². The minimum Gasteiger partial charge on any atom is -0.497 e. The highest BCUT2D eigenvalue weighted by molar-refractivity contribution is 9.10. The van der Waals surface area contributed by atoms with E-state index in [1.54, 1.807) is 7.11 Å². The Morgan fingerprint density at radius 3 is 2.60 bits per heavy atom. The van der Waals surface area contributed by atoms with Crippen LogP contribution in [-0.2, 0) is 20.8 Å². The number of amides is 1. The fourth-order valence-corrected chi connectivity index (χ4v) is 4.99. The highest BCUT2D eigenvalue weighted by Crippen LogP contribution is 2.33. The molecule has 1 saturated heterocycles. The van der Waals surface area contributed by atoms with Crippen LogP contribution in [0, 0.1) is 12.8 Å². The Labute approximate surface area is 216 Å². The van der Waals surface area contributed by atoms with Crippen molar-refractivity contribution in [3.63, 3.8) is 0 Å². The number of rotatable bonds is 9. The molecule has 1 spiro atoms. The van der Waals surface area contributed by atoms with Gasteiger partial charge in [0.25, 0.3) is 5.91 Å². The number of methoxy groups -OCH3 is 1. The summed E-state index contributed by atoms with van der Waals surface area (Å²) in [5.41, 5.74) is 2.82. The van der Waals surface area contributed by atoms with E-state index >= 15 is 0 Å². The fourth-order valence-electron chi connectivity index (χ4n) is 4.57. The molecule has 188 valence electrons. The third-order valence-corrected chi connectivity index (χ3v) is 7.18. The van der Waals surface area contributed by atoms with Crippen LogP contribution in [0.2, 0.25) is 0 Å². The number of hydrogen-bond donors (Lipinski definition) is 0. The molecule has 0 aromatic heterocycles. The molecule has 6 nitrogen and oxygen atoms in total. The quantitative estimate of drug-likeness (QED) is 0.389. The number of nitrogens with zero attached hydrogens (tertiary/aromatic N) is 1. The van der Waals surface area contributed by atoms with Gasteiger partial charge in [0.2, 0.25) is 0 Å². The summed E-state index contributed by atoms with van der Waals surface area (Å²) >= 11 is 3.58. The van der Waals surface area contributed by atoms with Crippen LogP contribution in [0.5, 0.6) is 5.75 Å². The van der Waals surface area contributed by atoms with Gasteiger partial charge in [-0.2, -0.15) is 0 Å². The maximum atomic E-state index is 13.8. The molecule has 2 aromatic carbocycles.